The summed E-state index contributed by atoms with van der Waals surface area (Å²) in [6.07, 6.45) is 1.74. The lowest BCUT2D eigenvalue weighted by Crippen LogP contribution is -2.31. The molecule has 17 heavy (non-hydrogen) atoms. The molecule has 1 aromatic rings. The van der Waals surface area contributed by atoms with Crippen molar-refractivity contribution in [1.29, 1.82) is 0 Å². The second kappa shape index (κ2) is 6.23. The van der Waals surface area contributed by atoms with Crippen LogP contribution in [0.3, 0.4) is 0 Å². The Labute approximate surface area is 103 Å². The molecule has 0 atom stereocenters. The third-order valence-electron chi connectivity index (χ3n) is 2.67. The van der Waals surface area contributed by atoms with Crippen LogP contribution in [0.25, 0.3) is 0 Å². The summed E-state index contributed by atoms with van der Waals surface area (Å²) in [5.74, 6) is 0.457. The van der Waals surface area contributed by atoms with Gasteiger partial charge >= 0.3 is 0 Å². The second-order valence-corrected chi connectivity index (χ2v) is 4.01. The highest BCUT2D eigenvalue weighted by molar-refractivity contribution is 5.94. The van der Waals surface area contributed by atoms with Gasteiger partial charge in [0.15, 0.2) is 0 Å². The van der Waals surface area contributed by atoms with Gasteiger partial charge in [-0.2, -0.15) is 0 Å². The number of aromatic nitrogens is 1. The average molecular weight is 235 g/mol. The van der Waals surface area contributed by atoms with E-state index in [-0.39, 0.29) is 5.91 Å². The smallest absolute Gasteiger partial charge is 0.254 e. The Balaban J connectivity index is 2.97. The Morgan fingerprint density at radius 2 is 2.06 bits per heavy atom. The summed E-state index contributed by atoms with van der Waals surface area (Å²) >= 11 is 0. The van der Waals surface area contributed by atoms with Gasteiger partial charge in [-0.25, -0.2) is 4.98 Å². The lowest BCUT2D eigenvalue weighted by molar-refractivity contribution is 0.0764. The molecule has 0 unspecified atom stereocenters. The number of carbonyl (C=O) groups is 1. The summed E-state index contributed by atoms with van der Waals surface area (Å²) in [7, 11) is 0. The fourth-order valence-corrected chi connectivity index (χ4v) is 1.77. The van der Waals surface area contributed by atoms with E-state index in [0.29, 0.717) is 11.4 Å². The van der Waals surface area contributed by atoms with Crippen molar-refractivity contribution in [3.63, 3.8) is 0 Å². The van der Waals surface area contributed by atoms with Crippen LogP contribution >= 0.6 is 0 Å². The monoisotopic (exact) mass is 235 g/mol. The minimum Gasteiger partial charge on any atom is -0.384 e. The van der Waals surface area contributed by atoms with Gasteiger partial charge in [-0.3, -0.25) is 4.79 Å². The van der Waals surface area contributed by atoms with Gasteiger partial charge in [0, 0.05) is 24.3 Å². The van der Waals surface area contributed by atoms with Crippen molar-refractivity contribution < 1.29 is 4.79 Å². The van der Waals surface area contributed by atoms with Gasteiger partial charge in [-0.1, -0.05) is 13.8 Å². The quantitative estimate of drug-likeness (QED) is 0.850. The van der Waals surface area contributed by atoms with E-state index in [4.69, 9.17) is 5.73 Å². The number of nitrogen functional groups attached to an aromatic ring is 1. The number of amides is 1. The van der Waals surface area contributed by atoms with Crippen molar-refractivity contribution in [3.8, 4) is 0 Å². The number of nitrogens with zero attached hydrogens (tertiary/aromatic N) is 2. The number of anilines is 1. The minimum atomic E-state index is 0.0400. The van der Waals surface area contributed by atoms with E-state index in [1.807, 2.05) is 24.8 Å². The van der Waals surface area contributed by atoms with Crippen LogP contribution in [0.4, 0.5) is 5.82 Å². The SMILES string of the molecule is CCCN(CC)C(=O)c1cc(N)nc(CC)c1. The van der Waals surface area contributed by atoms with Gasteiger partial charge in [0.1, 0.15) is 5.82 Å². The van der Waals surface area contributed by atoms with E-state index in [0.717, 1.165) is 31.6 Å². The predicted molar refractivity (Wildman–Crippen MR) is 69.9 cm³/mol. The third kappa shape index (κ3) is 3.44. The Morgan fingerprint density at radius 1 is 1.35 bits per heavy atom. The van der Waals surface area contributed by atoms with E-state index in [1.54, 1.807) is 6.07 Å². The molecular weight excluding hydrogens is 214 g/mol. The number of rotatable bonds is 5. The van der Waals surface area contributed by atoms with E-state index in [9.17, 15) is 4.79 Å². The van der Waals surface area contributed by atoms with Crippen LogP contribution < -0.4 is 5.73 Å². The first kappa shape index (κ1) is 13.5. The highest BCUT2D eigenvalue weighted by Gasteiger charge is 2.14. The van der Waals surface area contributed by atoms with Gasteiger partial charge in [0.05, 0.1) is 0 Å². The Bertz CT molecular complexity index is 390. The largest absolute Gasteiger partial charge is 0.384 e. The third-order valence-corrected chi connectivity index (χ3v) is 2.67. The van der Waals surface area contributed by atoms with Crippen LogP contribution in [0, 0.1) is 0 Å². The van der Waals surface area contributed by atoms with Crippen LogP contribution in [0.15, 0.2) is 12.1 Å². The lowest BCUT2D eigenvalue weighted by atomic mass is 10.1. The molecule has 94 valence electrons. The van der Waals surface area contributed by atoms with Crippen molar-refractivity contribution in [2.45, 2.75) is 33.6 Å². The summed E-state index contributed by atoms with van der Waals surface area (Å²) in [6.45, 7) is 7.54. The summed E-state index contributed by atoms with van der Waals surface area (Å²) in [4.78, 5) is 18.2. The molecule has 4 nitrogen and oxygen atoms in total. The van der Waals surface area contributed by atoms with E-state index in [1.165, 1.54) is 0 Å². The first-order valence-electron chi connectivity index (χ1n) is 6.18. The standard InChI is InChI=1S/C13H21N3O/c1-4-7-16(6-3)13(17)10-8-11(5-2)15-12(14)9-10/h8-9H,4-7H2,1-3H3,(H2,14,15). The number of pyridine rings is 1. The van der Waals surface area contributed by atoms with Gasteiger partial charge in [0.2, 0.25) is 0 Å². The number of hydrogen-bond donors (Lipinski definition) is 1. The van der Waals surface area contributed by atoms with Crippen molar-refractivity contribution >= 4 is 11.7 Å². The zero-order valence-corrected chi connectivity index (χ0v) is 10.9. The van der Waals surface area contributed by atoms with Crippen LogP contribution in [0.5, 0.6) is 0 Å². The number of hydrogen-bond acceptors (Lipinski definition) is 3. The van der Waals surface area contributed by atoms with Crippen LogP contribution in [-0.4, -0.2) is 28.9 Å². The highest BCUT2D eigenvalue weighted by Crippen LogP contribution is 2.11. The summed E-state index contributed by atoms with van der Waals surface area (Å²) in [5, 5.41) is 0. The van der Waals surface area contributed by atoms with Gasteiger partial charge in [0.25, 0.3) is 5.91 Å². The van der Waals surface area contributed by atoms with Crippen molar-refractivity contribution in [3.05, 3.63) is 23.4 Å². The highest BCUT2D eigenvalue weighted by atomic mass is 16.2. The molecule has 1 aromatic heterocycles. The molecule has 0 bridgehead atoms. The second-order valence-electron chi connectivity index (χ2n) is 4.01. The molecule has 0 spiro atoms. The maximum absolute atomic E-state index is 12.2. The van der Waals surface area contributed by atoms with Gasteiger partial charge in [-0.15, -0.1) is 0 Å². The zero-order valence-electron chi connectivity index (χ0n) is 10.9. The van der Waals surface area contributed by atoms with Crippen LogP contribution in [-0.2, 0) is 6.42 Å². The molecule has 0 saturated carbocycles. The number of carbonyl (C=O) groups excluding carboxylic acids is 1. The van der Waals surface area contributed by atoms with Crippen LogP contribution in [0.1, 0.15) is 43.2 Å². The lowest BCUT2D eigenvalue weighted by Gasteiger charge is -2.20. The molecule has 0 aliphatic carbocycles. The summed E-state index contributed by atoms with van der Waals surface area (Å²) in [6, 6.07) is 3.48. The normalized spacial score (nSPS) is 10.3. The number of aryl methyl sites for hydroxylation is 1. The molecule has 4 heteroatoms. The molecular formula is C13H21N3O. The first-order chi connectivity index (χ1) is 8.12. The molecule has 0 aliphatic heterocycles. The Hall–Kier alpha value is -1.58. The average Bonchev–Trinajstić information content (AvgIpc) is 2.34. The maximum atomic E-state index is 12.2. The Morgan fingerprint density at radius 3 is 2.59 bits per heavy atom. The fraction of sp³-hybridized carbons (Fsp3) is 0.538. The van der Waals surface area contributed by atoms with Crippen molar-refractivity contribution in [2.75, 3.05) is 18.8 Å². The number of nitrogens with two attached hydrogens (primary N) is 1. The molecule has 1 rings (SSSR count). The van der Waals surface area contributed by atoms with E-state index in [2.05, 4.69) is 11.9 Å². The maximum Gasteiger partial charge on any atom is 0.254 e. The first-order valence-corrected chi connectivity index (χ1v) is 6.18. The Kier molecular flexibility index (Phi) is 4.94. The molecule has 0 radical (unpaired) electrons. The topological polar surface area (TPSA) is 59.2 Å². The predicted octanol–water partition coefficient (Wildman–Crippen LogP) is 2.10. The van der Waals surface area contributed by atoms with Crippen molar-refractivity contribution in [2.24, 2.45) is 0 Å². The molecule has 1 heterocycles. The molecule has 0 fully saturated rings. The van der Waals surface area contributed by atoms with Gasteiger partial charge in [-0.05, 0) is 31.9 Å². The molecule has 0 aliphatic rings. The zero-order chi connectivity index (χ0) is 12.8. The minimum absolute atomic E-state index is 0.0400. The molecule has 0 aromatic carbocycles. The van der Waals surface area contributed by atoms with E-state index < -0.39 is 0 Å². The van der Waals surface area contributed by atoms with E-state index >= 15 is 0 Å². The molecule has 1 amide bonds. The van der Waals surface area contributed by atoms with Crippen molar-refractivity contribution in [1.82, 2.24) is 9.88 Å². The fourth-order valence-electron chi connectivity index (χ4n) is 1.77. The molecule has 2 N–H and O–H groups in total. The van der Waals surface area contributed by atoms with Crippen LogP contribution in [0.2, 0.25) is 0 Å². The molecule has 0 saturated heterocycles. The summed E-state index contributed by atoms with van der Waals surface area (Å²) < 4.78 is 0. The van der Waals surface area contributed by atoms with Gasteiger partial charge < -0.3 is 10.6 Å². The summed E-state index contributed by atoms with van der Waals surface area (Å²) in [5.41, 5.74) is 7.21.